The fraction of sp³-hybridized carbons (Fsp3) is 0.400. The predicted molar refractivity (Wildman–Crippen MR) is 49.8 cm³/mol. The van der Waals surface area contributed by atoms with E-state index >= 15 is 0 Å². The van der Waals surface area contributed by atoms with Crippen molar-refractivity contribution >= 4 is 5.78 Å². The van der Waals surface area contributed by atoms with Crippen molar-refractivity contribution in [3.8, 4) is 5.75 Å². The molecule has 1 aromatic heterocycles. The Kier molecular flexibility index (Phi) is 3.43. The van der Waals surface area contributed by atoms with Gasteiger partial charge < -0.3 is 4.74 Å². The quantitative estimate of drug-likeness (QED) is 0.706. The molecule has 0 spiro atoms. The average molecular weight is 179 g/mol. The Morgan fingerprint density at radius 1 is 1.62 bits per heavy atom. The van der Waals surface area contributed by atoms with E-state index in [4.69, 9.17) is 4.74 Å². The third-order valence-electron chi connectivity index (χ3n) is 1.66. The number of ether oxygens (including phenoxy) is 1. The zero-order chi connectivity index (χ0) is 9.68. The molecule has 0 aliphatic heterocycles. The van der Waals surface area contributed by atoms with Gasteiger partial charge in [-0.15, -0.1) is 0 Å². The predicted octanol–water partition coefficient (Wildman–Crippen LogP) is 1.75. The van der Waals surface area contributed by atoms with Gasteiger partial charge in [0.1, 0.15) is 12.4 Å². The van der Waals surface area contributed by atoms with Crippen LogP contribution in [-0.2, 0) is 4.79 Å². The number of carbonyl (C=O) groups is 1. The van der Waals surface area contributed by atoms with E-state index in [1.165, 1.54) is 0 Å². The average Bonchev–Trinajstić information content (AvgIpc) is 2.14. The summed E-state index contributed by atoms with van der Waals surface area (Å²) >= 11 is 0. The van der Waals surface area contributed by atoms with E-state index < -0.39 is 0 Å². The summed E-state index contributed by atoms with van der Waals surface area (Å²) in [5, 5.41) is 0. The van der Waals surface area contributed by atoms with Crippen LogP contribution in [-0.4, -0.2) is 17.4 Å². The van der Waals surface area contributed by atoms with E-state index in [1.54, 1.807) is 12.3 Å². The molecule has 0 radical (unpaired) electrons. The number of hydrogen-bond acceptors (Lipinski definition) is 3. The molecule has 0 aliphatic carbocycles. The van der Waals surface area contributed by atoms with Gasteiger partial charge in [0.05, 0.1) is 0 Å². The van der Waals surface area contributed by atoms with Gasteiger partial charge in [0.15, 0.2) is 5.78 Å². The molecule has 13 heavy (non-hydrogen) atoms. The molecule has 1 aromatic rings. The van der Waals surface area contributed by atoms with Gasteiger partial charge in [-0.3, -0.25) is 9.78 Å². The summed E-state index contributed by atoms with van der Waals surface area (Å²) in [4.78, 5) is 15.0. The maximum Gasteiger partial charge on any atom is 0.169 e. The number of pyridine rings is 1. The van der Waals surface area contributed by atoms with E-state index in [-0.39, 0.29) is 12.4 Å². The Morgan fingerprint density at radius 3 is 3.00 bits per heavy atom. The number of carbonyl (C=O) groups excluding carboxylic acids is 1. The first kappa shape index (κ1) is 9.71. The fourth-order valence-electron chi connectivity index (χ4n) is 0.875. The summed E-state index contributed by atoms with van der Waals surface area (Å²) in [5.74, 6) is 0.809. The van der Waals surface area contributed by atoms with Gasteiger partial charge in [0, 0.05) is 24.4 Å². The van der Waals surface area contributed by atoms with Crippen LogP contribution in [0, 0.1) is 6.92 Å². The largest absolute Gasteiger partial charge is 0.486 e. The van der Waals surface area contributed by atoms with Crippen LogP contribution in [0.1, 0.15) is 19.0 Å². The van der Waals surface area contributed by atoms with Crippen molar-refractivity contribution in [1.82, 2.24) is 4.98 Å². The Morgan fingerprint density at radius 2 is 2.38 bits per heavy atom. The van der Waals surface area contributed by atoms with E-state index in [0.717, 1.165) is 5.69 Å². The van der Waals surface area contributed by atoms with Gasteiger partial charge in [-0.2, -0.15) is 0 Å². The summed E-state index contributed by atoms with van der Waals surface area (Å²) in [7, 11) is 0. The molecule has 0 saturated carbocycles. The van der Waals surface area contributed by atoms with Crippen LogP contribution in [0.4, 0.5) is 0 Å². The normalized spacial score (nSPS) is 9.69. The maximum absolute atomic E-state index is 10.9. The van der Waals surface area contributed by atoms with Crippen molar-refractivity contribution in [2.45, 2.75) is 20.3 Å². The zero-order valence-corrected chi connectivity index (χ0v) is 7.91. The molecular weight excluding hydrogens is 166 g/mol. The van der Waals surface area contributed by atoms with Crippen molar-refractivity contribution in [2.24, 2.45) is 0 Å². The first-order valence-corrected chi connectivity index (χ1v) is 4.29. The zero-order valence-electron chi connectivity index (χ0n) is 7.91. The summed E-state index contributed by atoms with van der Waals surface area (Å²) in [6.45, 7) is 3.86. The SMILES string of the molecule is CCC(=O)COc1ccnc(C)c1. The van der Waals surface area contributed by atoms with Crippen molar-refractivity contribution in [3.63, 3.8) is 0 Å². The highest BCUT2D eigenvalue weighted by atomic mass is 16.5. The molecule has 1 heterocycles. The second kappa shape index (κ2) is 4.60. The van der Waals surface area contributed by atoms with Crippen LogP contribution in [0.5, 0.6) is 5.75 Å². The fourth-order valence-corrected chi connectivity index (χ4v) is 0.875. The molecule has 0 amide bonds. The maximum atomic E-state index is 10.9. The summed E-state index contributed by atoms with van der Waals surface area (Å²) in [6.07, 6.45) is 2.19. The number of ketones is 1. The minimum atomic E-state index is 0.106. The Labute approximate surface area is 77.8 Å². The number of aromatic nitrogens is 1. The standard InChI is InChI=1S/C10H13NO2/c1-3-9(12)7-13-10-4-5-11-8(2)6-10/h4-6H,3,7H2,1-2H3. The second-order valence-electron chi connectivity index (χ2n) is 2.81. The molecule has 1 rings (SSSR count). The summed E-state index contributed by atoms with van der Waals surface area (Å²) in [5.41, 5.74) is 0.890. The van der Waals surface area contributed by atoms with Crippen LogP contribution in [0.15, 0.2) is 18.3 Å². The van der Waals surface area contributed by atoms with Gasteiger partial charge in [-0.25, -0.2) is 0 Å². The third-order valence-corrected chi connectivity index (χ3v) is 1.66. The number of Topliss-reactive ketones (excluding diaryl/α,β-unsaturated/α-hetero) is 1. The smallest absolute Gasteiger partial charge is 0.169 e. The first-order valence-electron chi connectivity index (χ1n) is 4.29. The molecule has 0 aromatic carbocycles. The highest BCUT2D eigenvalue weighted by Crippen LogP contribution is 2.09. The molecule has 0 bridgehead atoms. The number of hydrogen-bond donors (Lipinski definition) is 0. The molecule has 0 saturated heterocycles. The van der Waals surface area contributed by atoms with E-state index in [9.17, 15) is 4.79 Å². The number of nitrogens with zero attached hydrogens (tertiary/aromatic N) is 1. The van der Waals surface area contributed by atoms with Gasteiger partial charge in [0.25, 0.3) is 0 Å². The van der Waals surface area contributed by atoms with Crippen molar-refractivity contribution in [3.05, 3.63) is 24.0 Å². The Bertz CT molecular complexity index is 297. The molecule has 0 aliphatic rings. The Balaban J connectivity index is 2.50. The molecule has 3 nitrogen and oxygen atoms in total. The number of aryl methyl sites for hydroxylation is 1. The van der Waals surface area contributed by atoms with Gasteiger partial charge in [-0.1, -0.05) is 6.92 Å². The molecule has 0 N–H and O–H groups in total. The molecule has 0 fully saturated rings. The van der Waals surface area contributed by atoms with E-state index in [0.29, 0.717) is 12.2 Å². The van der Waals surface area contributed by atoms with Gasteiger partial charge in [-0.05, 0) is 13.0 Å². The lowest BCUT2D eigenvalue weighted by molar-refractivity contribution is -0.120. The van der Waals surface area contributed by atoms with Gasteiger partial charge >= 0.3 is 0 Å². The topological polar surface area (TPSA) is 39.2 Å². The molecule has 0 atom stereocenters. The van der Waals surface area contributed by atoms with Crippen molar-refractivity contribution < 1.29 is 9.53 Å². The molecule has 3 heteroatoms. The van der Waals surface area contributed by atoms with Crippen LogP contribution in [0.3, 0.4) is 0 Å². The van der Waals surface area contributed by atoms with Gasteiger partial charge in [0.2, 0.25) is 0 Å². The van der Waals surface area contributed by atoms with E-state index in [2.05, 4.69) is 4.98 Å². The molecule has 0 unspecified atom stereocenters. The van der Waals surface area contributed by atoms with Crippen LogP contribution >= 0.6 is 0 Å². The minimum Gasteiger partial charge on any atom is -0.486 e. The monoisotopic (exact) mass is 179 g/mol. The van der Waals surface area contributed by atoms with Crippen LogP contribution in [0.25, 0.3) is 0 Å². The van der Waals surface area contributed by atoms with Crippen molar-refractivity contribution in [2.75, 3.05) is 6.61 Å². The number of rotatable bonds is 4. The highest BCUT2D eigenvalue weighted by molar-refractivity contribution is 5.79. The third kappa shape index (κ3) is 3.23. The van der Waals surface area contributed by atoms with Crippen LogP contribution < -0.4 is 4.74 Å². The first-order chi connectivity index (χ1) is 6.22. The summed E-state index contributed by atoms with van der Waals surface area (Å²) < 4.78 is 5.25. The van der Waals surface area contributed by atoms with Crippen molar-refractivity contribution in [1.29, 1.82) is 0 Å². The lowest BCUT2D eigenvalue weighted by Gasteiger charge is -2.04. The highest BCUT2D eigenvalue weighted by Gasteiger charge is 1.99. The van der Waals surface area contributed by atoms with E-state index in [1.807, 2.05) is 19.9 Å². The summed E-state index contributed by atoms with van der Waals surface area (Å²) in [6, 6.07) is 3.55. The minimum absolute atomic E-state index is 0.106. The molecule has 70 valence electrons. The Hall–Kier alpha value is -1.38. The van der Waals surface area contributed by atoms with Crippen LogP contribution in [0.2, 0.25) is 0 Å². The lowest BCUT2D eigenvalue weighted by atomic mass is 10.3. The molecular formula is C10H13NO2. The lowest BCUT2D eigenvalue weighted by Crippen LogP contribution is -2.09. The second-order valence-corrected chi connectivity index (χ2v) is 2.81.